The molecule has 0 bridgehead atoms. The molecule has 3 atom stereocenters. The molecule has 1 N–H and O–H groups in total. The molecule has 0 saturated carbocycles. The molecule has 0 spiro atoms. The van der Waals surface area contributed by atoms with Crippen LogP contribution in [-0.4, -0.2) is 48.9 Å². The molecule has 3 aromatic carbocycles. The predicted molar refractivity (Wildman–Crippen MR) is 129 cm³/mol. The first kappa shape index (κ1) is 21.2. The largest absolute Gasteiger partial charge is 0.387 e. The third kappa shape index (κ3) is 4.31. The van der Waals surface area contributed by atoms with Crippen molar-refractivity contribution in [1.29, 1.82) is 0 Å². The van der Waals surface area contributed by atoms with Crippen LogP contribution in [0.15, 0.2) is 84.9 Å². The van der Waals surface area contributed by atoms with Crippen LogP contribution in [-0.2, 0) is 11.2 Å². The molecule has 32 heavy (non-hydrogen) atoms. The van der Waals surface area contributed by atoms with Gasteiger partial charge in [0.1, 0.15) is 0 Å². The van der Waals surface area contributed by atoms with Gasteiger partial charge in [-0.15, -0.1) is 0 Å². The summed E-state index contributed by atoms with van der Waals surface area (Å²) in [5.41, 5.74) is 4.91. The van der Waals surface area contributed by atoms with Crippen LogP contribution in [0.3, 0.4) is 0 Å². The molecular formula is C28H32N2O2. The minimum atomic E-state index is -0.603. The highest BCUT2D eigenvalue weighted by Crippen LogP contribution is 2.41. The normalized spacial score (nSPS) is 19.7. The van der Waals surface area contributed by atoms with Crippen molar-refractivity contribution >= 4 is 5.69 Å². The van der Waals surface area contributed by atoms with Crippen molar-refractivity contribution < 1.29 is 9.84 Å². The van der Waals surface area contributed by atoms with Crippen molar-refractivity contribution in [3.8, 4) is 0 Å². The van der Waals surface area contributed by atoms with Gasteiger partial charge in [0.15, 0.2) is 0 Å². The highest BCUT2D eigenvalue weighted by Gasteiger charge is 2.40. The number of aryl methyl sites for hydroxylation is 1. The zero-order valence-corrected chi connectivity index (χ0v) is 18.5. The number of fused-ring (bicyclic) bond motifs is 1. The molecule has 4 nitrogen and oxygen atoms in total. The Morgan fingerprint density at radius 3 is 2.06 bits per heavy atom. The molecule has 1 fully saturated rings. The molecule has 2 aliphatic rings. The van der Waals surface area contributed by atoms with E-state index in [1.165, 1.54) is 16.8 Å². The first-order valence-electron chi connectivity index (χ1n) is 11.8. The first-order valence-corrected chi connectivity index (χ1v) is 11.8. The van der Waals surface area contributed by atoms with Crippen LogP contribution in [0.2, 0.25) is 0 Å². The number of morpholine rings is 1. The Kier molecular flexibility index (Phi) is 6.54. The maximum atomic E-state index is 11.8. The van der Waals surface area contributed by atoms with Gasteiger partial charge in [0, 0.05) is 25.3 Å². The lowest BCUT2D eigenvalue weighted by Crippen LogP contribution is -2.54. The molecule has 0 aliphatic carbocycles. The molecular weight excluding hydrogens is 396 g/mol. The average Bonchev–Trinajstić information content (AvgIpc) is 2.88. The number of ether oxygens (including phenoxy) is 1. The van der Waals surface area contributed by atoms with Gasteiger partial charge < -0.3 is 14.7 Å². The molecule has 5 rings (SSSR count). The molecule has 1 saturated heterocycles. The Balaban J connectivity index is 1.63. The van der Waals surface area contributed by atoms with Gasteiger partial charge in [0.25, 0.3) is 0 Å². The van der Waals surface area contributed by atoms with Gasteiger partial charge in [-0.05, 0) is 35.6 Å². The Hall–Kier alpha value is -2.66. The SMILES string of the molecule is OC(c1ccccc1)C(C(c1ccccc1)N1CCCc2ccccc21)N1CCOCC1. The summed E-state index contributed by atoms with van der Waals surface area (Å²) in [7, 11) is 0. The van der Waals surface area contributed by atoms with E-state index in [4.69, 9.17) is 4.74 Å². The lowest BCUT2D eigenvalue weighted by atomic mass is 9.86. The van der Waals surface area contributed by atoms with Gasteiger partial charge in [-0.1, -0.05) is 78.9 Å². The molecule has 3 aromatic rings. The van der Waals surface area contributed by atoms with E-state index >= 15 is 0 Å². The van der Waals surface area contributed by atoms with Gasteiger partial charge in [-0.25, -0.2) is 0 Å². The molecule has 0 amide bonds. The summed E-state index contributed by atoms with van der Waals surface area (Å²) in [4.78, 5) is 4.98. The fraction of sp³-hybridized carbons (Fsp3) is 0.357. The zero-order chi connectivity index (χ0) is 21.8. The van der Waals surface area contributed by atoms with Crippen molar-refractivity contribution in [3.63, 3.8) is 0 Å². The maximum Gasteiger partial charge on any atom is 0.0968 e. The van der Waals surface area contributed by atoms with Gasteiger partial charge in [-0.2, -0.15) is 0 Å². The Morgan fingerprint density at radius 1 is 0.719 bits per heavy atom. The third-order valence-corrected chi connectivity index (χ3v) is 6.88. The summed E-state index contributed by atoms with van der Waals surface area (Å²) in [6.07, 6.45) is 1.63. The second-order valence-electron chi connectivity index (χ2n) is 8.78. The number of anilines is 1. The molecule has 2 aliphatic heterocycles. The van der Waals surface area contributed by atoms with E-state index in [2.05, 4.69) is 64.4 Å². The fourth-order valence-electron chi connectivity index (χ4n) is 5.36. The van der Waals surface area contributed by atoms with Gasteiger partial charge in [-0.3, -0.25) is 4.90 Å². The van der Waals surface area contributed by atoms with Crippen molar-refractivity contribution in [2.24, 2.45) is 0 Å². The van der Waals surface area contributed by atoms with Crippen molar-refractivity contribution in [1.82, 2.24) is 4.90 Å². The highest BCUT2D eigenvalue weighted by atomic mass is 16.5. The van der Waals surface area contributed by atoms with E-state index in [1.54, 1.807) is 0 Å². The molecule has 0 radical (unpaired) electrons. The Bertz CT molecular complexity index is 989. The summed E-state index contributed by atoms with van der Waals surface area (Å²) in [6.45, 7) is 4.05. The van der Waals surface area contributed by atoms with Crippen LogP contribution in [0.1, 0.15) is 35.3 Å². The standard InChI is InChI=1S/C28H32N2O2/c31-28(24-13-5-2-6-14-24)27(29-18-20-32-21-19-29)26(23-11-3-1-4-12-23)30-17-9-15-22-10-7-8-16-25(22)30/h1-8,10-14,16,26-28,31H,9,15,17-21H2. The number of hydrogen-bond donors (Lipinski definition) is 1. The summed E-state index contributed by atoms with van der Waals surface area (Å²) in [6, 6.07) is 29.6. The smallest absolute Gasteiger partial charge is 0.0968 e. The summed E-state index contributed by atoms with van der Waals surface area (Å²) >= 11 is 0. The average molecular weight is 429 g/mol. The number of aliphatic hydroxyl groups is 1. The molecule has 0 aromatic heterocycles. The van der Waals surface area contributed by atoms with E-state index in [0.717, 1.165) is 38.0 Å². The van der Waals surface area contributed by atoms with Crippen LogP contribution >= 0.6 is 0 Å². The lowest BCUT2D eigenvalue weighted by molar-refractivity contribution is -0.0322. The van der Waals surface area contributed by atoms with E-state index < -0.39 is 6.10 Å². The van der Waals surface area contributed by atoms with E-state index in [0.29, 0.717) is 13.2 Å². The van der Waals surface area contributed by atoms with Gasteiger partial charge in [0.05, 0.1) is 31.4 Å². The summed E-state index contributed by atoms with van der Waals surface area (Å²) in [5.74, 6) is 0. The minimum absolute atomic E-state index is 0.0333. The number of benzene rings is 3. The number of para-hydroxylation sites is 1. The van der Waals surface area contributed by atoms with Crippen LogP contribution < -0.4 is 4.90 Å². The van der Waals surface area contributed by atoms with Crippen LogP contribution in [0.25, 0.3) is 0 Å². The highest BCUT2D eigenvalue weighted by molar-refractivity contribution is 5.57. The van der Waals surface area contributed by atoms with E-state index in [9.17, 15) is 5.11 Å². The Labute approximate surface area is 191 Å². The third-order valence-electron chi connectivity index (χ3n) is 6.88. The topological polar surface area (TPSA) is 35.9 Å². The van der Waals surface area contributed by atoms with Crippen molar-refractivity contribution in [3.05, 3.63) is 102 Å². The Morgan fingerprint density at radius 2 is 1.34 bits per heavy atom. The number of nitrogens with zero attached hydrogens (tertiary/aromatic N) is 2. The zero-order valence-electron chi connectivity index (χ0n) is 18.5. The van der Waals surface area contributed by atoms with Gasteiger partial charge >= 0.3 is 0 Å². The summed E-state index contributed by atoms with van der Waals surface area (Å²) in [5, 5.41) is 11.8. The second-order valence-corrected chi connectivity index (χ2v) is 8.78. The molecule has 166 valence electrons. The summed E-state index contributed by atoms with van der Waals surface area (Å²) < 4.78 is 5.69. The second kappa shape index (κ2) is 9.86. The predicted octanol–water partition coefficient (Wildman–Crippen LogP) is 4.61. The number of rotatable bonds is 6. The molecule has 2 heterocycles. The monoisotopic (exact) mass is 428 g/mol. The van der Waals surface area contributed by atoms with Crippen LogP contribution in [0.4, 0.5) is 5.69 Å². The van der Waals surface area contributed by atoms with Crippen LogP contribution in [0, 0.1) is 0 Å². The number of aliphatic hydroxyl groups excluding tert-OH is 1. The van der Waals surface area contributed by atoms with E-state index in [1.807, 2.05) is 30.3 Å². The van der Waals surface area contributed by atoms with Crippen LogP contribution in [0.5, 0.6) is 0 Å². The molecule has 4 heteroatoms. The van der Waals surface area contributed by atoms with Crippen molar-refractivity contribution in [2.45, 2.75) is 31.0 Å². The van der Waals surface area contributed by atoms with E-state index in [-0.39, 0.29) is 12.1 Å². The first-order chi connectivity index (χ1) is 15.8. The number of hydrogen-bond acceptors (Lipinski definition) is 4. The molecule has 3 unspecified atom stereocenters. The quantitative estimate of drug-likeness (QED) is 0.622. The maximum absolute atomic E-state index is 11.8. The van der Waals surface area contributed by atoms with Crippen molar-refractivity contribution in [2.75, 3.05) is 37.7 Å². The minimum Gasteiger partial charge on any atom is -0.387 e. The fourth-order valence-corrected chi connectivity index (χ4v) is 5.36. The lowest BCUT2D eigenvalue weighted by Gasteiger charge is -2.48. The van der Waals surface area contributed by atoms with Gasteiger partial charge in [0.2, 0.25) is 0 Å².